The molecule has 24 heavy (non-hydrogen) atoms. The molecule has 0 unspecified atom stereocenters. The van der Waals surface area contributed by atoms with Crippen molar-refractivity contribution >= 4 is 5.69 Å². The minimum Gasteiger partial charge on any atom is -0.368 e. The molecule has 4 heteroatoms. The molecule has 0 bridgehead atoms. The van der Waals surface area contributed by atoms with E-state index in [1.807, 2.05) is 12.4 Å². The number of hydrogen-bond donors (Lipinski definition) is 0. The van der Waals surface area contributed by atoms with Gasteiger partial charge in [0.05, 0.1) is 11.9 Å². The van der Waals surface area contributed by atoms with Crippen molar-refractivity contribution in [3.8, 4) is 0 Å². The van der Waals surface area contributed by atoms with E-state index in [2.05, 4.69) is 64.8 Å². The molecule has 0 amide bonds. The SMILES string of the molecule is Cc1ccc(CCN2CCN(c3ccc(C(C)C)nc3)CC2)nc1. The van der Waals surface area contributed by atoms with E-state index >= 15 is 0 Å². The van der Waals surface area contributed by atoms with Gasteiger partial charge in [-0.2, -0.15) is 0 Å². The van der Waals surface area contributed by atoms with Crippen LogP contribution in [0.3, 0.4) is 0 Å². The Balaban J connectivity index is 1.47. The first-order chi connectivity index (χ1) is 11.6. The summed E-state index contributed by atoms with van der Waals surface area (Å²) in [6, 6.07) is 8.67. The number of pyridine rings is 2. The van der Waals surface area contributed by atoms with Gasteiger partial charge in [0.1, 0.15) is 0 Å². The van der Waals surface area contributed by atoms with Crippen molar-refractivity contribution in [1.82, 2.24) is 14.9 Å². The van der Waals surface area contributed by atoms with Crippen LogP contribution in [-0.4, -0.2) is 47.6 Å². The zero-order valence-corrected chi connectivity index (χ0v) is 15.1. The smallest absolute Gasteiger partial charge is 0.0553 e. The van der Waals surface area contributed by atoms with E-state index in [-0.39, 0.29) is 0 Å². The Bertz CT molecular complexity index is 626. The third kappa shape index (κ3) is 4.32. The molecule has 0 aliphatic carbocycles. The summed E-state index contributed by atoms with van der Waals surface area (Å²) >= 11 is 0. The molecule has 1 saturated heterocycles. The van der Waals surface area contributed by atoms with E-state index < -0.39 is 0 Å². The maximum atomic E-state index is 4.59. The van der Waals surface area contributed by atoms with E-state index in [1.165, 1.54) is 22.6 Å². The highest BCUT2D eigenvalue weighted by molar-refractivity contribution is 5.45. The zero-order chi connectivity index (χ0) is 16.9. The van der Waals surface area contributed by atoms with Crippen LogP contribution in [0.15, 0.2) is 36.7 Å². The van der Waals surface area contributed by atoms with Crippen molar-refractivity contribution in [1.29, 1.82) is 0 Å². The molecular formula is C20H28N4. The van der Waals surface area contributed by atoms with Gasteiger partial charge in [-0.05, 0) is 36.6 Å². The van der Waals surface area contributed by atoms with Gasteiger partial charge in [0.15, 0.2) is 0 Å². The minimum absolute atomic E-state index is 0.492. The van der Waals surface area contributed by atoms with Crippen LogP contribution in [0.2, 0.25) is 0 Å². The molecule has 0 N–H and O–H groups in total. The first kappa shape index (κ1) is 16.9. The van der Waals surface area contributed by atoms with Crippen LogP contribution in [-0.2, 0) is 6.42 Å². The summed E-state index contributed by atoms with van der Waals surface area (Å²) < 4.78 is 0. The summed E-state index contributed by atoms with van der Waals surface area (Å²) in [6.45, 7) is 11.9. The molecule has 1 aliphatic rings. The average molecular weight is 324 g/mol. The van der Waals surface area contributed by atoms with Crippen LogP contribution in [0.4, 0.5) is 5.69 Å². The molecule has 1 aliphatic heterocycles. The number of rotatable bonds is 5. The Morgan fingerprint density at radius 1 is 0.958 bits per heavy atom. The Labute approximate surface area is 145 Å². The molecule has 0 aromatic carbocycles. The largest absolute Gasteiger partial charge is 0.368 e. The van der Waals surface area contributed by atoms with E-state index in [1.54, 1.807) is 0 Å². The molecule has 0 spiro atoms. The summed E-state index contributed by atoms with van der Waals surface area (Å²) in [5.41, 5.74) is 4.84. The van der Waals surface area contributed by atoms with E-state index in [0.717, 1.165) is 39.1 Å². The Kier molecular flexibility index (Phi) is 5.46. The fourth-order valence-electron chi connectivity index (χ4n) is 3.07. The molecule has 1 fully saturated rings. The summed E-state index contributed by atoms with van der Waals surface area (Å²) in [4.78, 5) is 14.1. The maximum Gasteiger partial charge on any atom is 0.0553 e. The van der Waals surface area contributed by atoms with Crippen LogP contribution in [0.25, 0.3) is 0 Å². The van der Waals surface area contributed by atoms with Gasteiger partial charge in [-0.25, -0.2) is 0 Å². The molecule has 2 aromatic heterocycles. The average Bonchev–Trinajstić information content (AvgIpc) is 2.62. The van der Waals surface area contributed by atoms with Gasteiger partial charge in [0, 0.05) is 56.7 Å². The third-order valence-electron chi connectivity index (χ3n) is 4.76. The zero-order valence-electron chi connectivity index (χ0n) is 15.1. The molecular weight excluding hydrogens is 296 g/mol. The highest BCUT2D eigenvalue weighted by Gasteiger charge is 2.17. The number of anilines is 1. The predicted octanol–water partition coefficient (Wildman–Crippen LogP) is 3.27. The Hall–Kier alpha value is -1.94. The number of piperazine rings is 1. The second-order valence-corrected chi connectivity index (χ2v) is 7.00. The minimum atomic E-state index is 0.492. The predicted molar refractivity (Wildman–Crippen MR) is 99.7 cm³/mol. The highest BCUT2D eigenvalue weighted by atomic mass is 15.3. The molecule has 0 atom stereocenters. The highest BCUT2D eigenvalue weighted by Crippen LogP contribution is 2.18. The normalized spacial score (nSPS) is 15.9. The van der Waals surface area contributed by atoms with Crippen LogP contribution in [0.1, 0.15) is 36.7 Å². The first-order valence-corrected chi connectivity index (χ1v) is 8.96. The standard InChI is InChI=1S/C20H28N4/c1-16(2)20-7-6-19(15-22-20)24-12-10-23(11-13-24)9-8-18-5-4-17(3)14-21-18/h4-7,14-16H,8-13H2,1-3H3. The van der Waals surface area contributed by atoms with Crippen molar-refractivity contribution in [2.75, 3.05) is 37.6 Å². The topological polar surface area (TPSA) is 32.3 Å². The lowest BCUT2D eigenvalue weighted by atomic mass is 10.1. The molecule has 3 heterocycles. The van der Waals surface area contributed by atoms with Crippen molar-refractivity contribution in [2.45, 2.75) is 33.1 Å². The van der Waals surface area contributed by atoms with E-state index in [4.69, 9.17) is 0 Å². The number of hydrogen-bond acceptors (Lipinski definition) is 4. The molecule has 3 rings (SSSR count). The quantitative estimate of drug-likeness (QED) is 0.845. The number of aryl methyl sites for hydroxylation is 1. The first-order valence-electron chi connectivity index (χ1n) is 8.96. The summed E-state index contributed by atoms with van der Waals surface area (Å²) in [5.74, 6) is 0.492. The second kappa shape index (κ2) is 7.75. The van der Waals surface area contributed by atoms with E-state index in [9.17, 15) is 0 Å². The van der Waals surface area contributed by atoms with Crippen LogP contribution in [0, 0.1) is 6.92 Å². The van der Waals surface area contributed by atoms with Crippen molar-refractivity contribution in [2.24, 2.45) is 0 Å². The van der Waals surface area contributed by atoms with Gasteiger partial charge in [0.2, 0.25) is 0 Å². The maximum absolute atomic E-state index is 4.59. The monoisotopic (exact) mass is 324 g/mol. The van der Waals surface area contributed by atoms with Crippen LogP contribution < -0.4 is 4.90 Å². The molecule has 4 nitrogen and oxygen atoms in total. The van der Waals surface area contributed by atoms with Crippen LogP contribution >= 0.6 is 0 Å². The lowest BCUT2D eigenvalue weighted by molar-refractivity contribution is 0.260. The number of nitrogens with zero attached hydrogens (tertiary/aromatic N) is 4. The fourth-order valence-corrected chi connectivity index (χ4v) is 3.07. The second-order valence-electron chi connectivity index (χ2n) is 7.00. The summed E-state index contributed by atoms with van der Waals surface area (Å²) in [6.07, 6.45) is 5.02. The molecule has 2 aromatic rings. The molecule has 0 saturated carbocycles. The van der Waals surface area contributed by atoms with Gasteiger partial charge in [0.25, 0.3) is 0 Å². The van der Waals surface area contributed by atoms with E-state index in [0.29, 0.717) is 5.92 Å². The Morgan fingerprint density at radius 3 is 2.33 bits per heavy atom. The van der Waals surface area contributed by atoms with Gasteiger partial charge >= 0.3 is 0 Å². The van der Waals surface area contributed by atoms with Crippen molar-refractivity contribution in [3.63, 3.8) is 0 Å². The van der Waals surface area contributed by atoms with Gasteiger partial charge < -0.3 is 4.90 Å². The summed E-state index contributed by atoms with van der Waals surface area (Å²) in [7, 11) is 0. The summed E-state index contributed by atoms with van der Waals surface area (Å²) in [5, 5.41) is 0. The molecule has 128 valence electrons. The van der Waals surface area contributed by atoms with Crippen molar-refractivity contribution in [3.05, 3.63) is 53.6 Å². The Morgan fingerprint density at radius 2 is 1.75 bits per heavy atom. The molecule has 0 radical (unpaired) electrons. The van der Waals surface area contributed by atoms with Gasteiger partial charge in [-0.1, -0.05) is 19.9 Å². The fraction of sp³-hybridized carbons (Fsp3) is 0.500. The number of aromatic nitrogens is 2. The van der Waals surface area contributed by atoms with Gasteiger partial charge in [-0.3, -0.25) is 14.9 Å². The third-order valence-corrected chi connectivity index (χ3v) is 4.76. The van der Waals surface area contributed by atoms with Gasteiger partial charge in [-0.15, -0.1) is 0 Å². The van der Waals surface area contributed by atoms with Crippen LogP contribution in [0.5, 0.6) is 0 Å². The lowest BCUT2D eigenvalue weighted by Crippen LogP contribution is -2.47. The lowest BCUT2D eigenvalue weighted by Gasteiger charge is -2.36. The van der Waals surface area contributed by atoms with Crippen molar-refractivity contribution < 1.29 is 0 Å².